The molecule has 0 N–H and O–H groups in total. The fraction of sp³-hybridized carbons (Fsp3) is 0.263. The van der Waals surface area contributed by atoms with E-state index in [2.05, 4.69) is 20.3 Å². The van der Waals surface area contributed by atoms with Crippen molar-refractivity contribution in [3.05, 3.63) is 62.0 Å². The minimum atomic E-state index is -0.504. The first kappa shape index (κ1) is 18.9. The number of hydrogen-bond donors (Lipinski definition) is 0. The Morgan fingerprint density at radius 1 is 1.27 bits per heavy atom. The summed E-state index contributed by atoms with van der Waals surface area (Å²) in [6.07, 6.45) is 7.54. The summed E-state index contributed by atoms with van der Waals surface area (Å²) >= 11 is 7.58. The summed E-state index contributed by atoms with van der Waals surface area (Å²) in [5.41, 5.74) is 1.94. The van der Waals surface area contributed by atoms with Gasteiger partial charge in [-0.2, -0.15) is 0 Å². The number of nitro benzene ring substituents is 1. The van der Waals surface area contributed by atoms with E-state index < -0.39 is 4.92 Å². The highest BCUT2D eigenvalue weighted by Crippen LogP contribution is 2.39. The highest BCUT2D eigenvalue weighted by Gasteiger charge is 2.21. The second-order valence-electron chi connectivity index (χ2n) is 6.90. The van der Waals surface area contributed by atoms with E-state index in [-0.39, 0.29) is 23.0 Å². The van der Waals surface area contributed by atoms with E-state index in [0.29, 0.717) is 11.6 Å². The molecular weight excluding hydrogens is 428 g/mol. The fourth-order valence-electron chi connectivity index (χ4n) is 3.63. The van der Waals surface area contributed by atoms with Gasteiger partial charge in [0.15, 0.2) is 0 Å². The number of nitrogens with zero attached hydrogens (tertiary/aromatic N) is 6. The van der Waals surface area contributed by atoms with Crippen LogP contribution in [0.15, 0.2) is 30.7 Å². The zero-order chi connectivity index (χ0) is 20.7. The number of halogens is 1. The van der Waals surface area contributed by atoms with Crippen LogP contribution in [-0.2, 0) is 19.4 Å². The van der Waals surface area contributed by atoms with E-state index in [1.807, 2.05) is 0 Å². The highest BCUT2D eigenvalue weighted by atomic mass is 35.5. The van der Waals surface area contributed by atoms with Gasteiger partial charge >= 0.3 is 0 Å². The Bertz CT molecular complexity index is 1270. The molecule has 0 fully saturated rings. The molecule has 3 aromatic heterocycles. The number of nitro groups is 1. The lowest BCUT2D eigenvalue weighted by molar-refractivity contribution is -0.384. The van der Waals surface area contributed by atoms with Crippen LogP contribution in [0.25, 0.3) is 15.9 Å². The molecule has 1 aliphatic rings. The molecule has 11 heteroatoms. The maximum atomic E-state index is 11.3. The molecule has 9 nitrogen and oxygen atoms in total. The van der Waals surface area contributed by atoms with Crippen molar-refractivity contribution in [3.8, 4) is 11.6 Å². The van der Waals surface area contributed by atoms with E-state index >= 15 is 0 Å². The molecule has 3 heterocycles. The number of rotatable bonds is 5. The van der Waals surface area contributed by atoms with Crippen LogP contribution in [0.5, 0.6) is 5.88 Å². The van der Waals surface area contributed by atoms with E-state index in [0.717, 1.165) is 29.5 Å². The van der Waals surface area contributed by atoms with Crippen molar-refractivity contribution in [2.24, 2.45) is 0 Å². The van der Waals surface area contributed by atoms with Crippen LogP contribution < -0.4 is 4.74 Å². The number of fused-ring (bicyclic) bond motifs is 3. The number of ether oxygens (including phenoxy) is 1. The predicted molar refractivity (Wildman–Crippen MR) is 111 cm³/mol. The topological polar surface area (TPSA) is 109 Å². The zero-order valence-electron chi connectivity index (χ0n) is 15.6. The minimum Gasteiger partial charge on any atom is -0.470 e. The Morgan fingerprint density at radius 3 is 3.00 bits per heavy atom. The van der Waals surface area contributed by atoms with Crippen molar-refractivity contribution in [2.75, 3.05) is 0 Å². The van der Waals surface area contributed by atoms with Crippen molar-refractivity contribution >= 4 is 38.8 Å². The Morgan fingerprint density at radius 2 is 2.13 bits per heavy atom. The van der Waals surface area contributed by atoms with Gasteiger partial charge < -0.3 is 4.74 Å². The van der Waals surface area contributed by atoms with Gasteiger partial charge in [-0.05, 0) is 43.4 Å². The average molecular weight is 443 g/mol. The van der Waals surface area contributed by atoms with E-state index in [1.165, 1.54) is 40.0 Å². The van der Waals surface area contributed by atoms with Crippen molar-refractivity contribution < 1.29 is 9.66 Å². The SMILES string of the molecule is O=[N+]([O-])c1cc(Cl)ccc1-n1cc(COc2ncnc3sc4c(c23)CCCC4)nn1. The van der Waals surface area contributed by atoms with Gasteiger partial charge in [0.05, 0.1) is 16.5 Å². The summed E-state index contributed by atoms with van der Waals surface area (Å²) in [6.45, 7) is 0.137. The Balaban J connectivity index is 1.41. The molecule has 4 aromatic rings. The molecule has 0 saturated heterocycles. The molecule has 0 spiro atoms. The molecule has 0 radical (unpaired) electrons. The number of benzene rings is 1. The van der Waals surface area contributed by atoms with Gasteiger partial charge in [0, 0.05) is 16.0 Å². The first-order valence-electron chi connectivity index (χ1n) is 9.34. The lowest BCUT2D eigenvalue weighted by Gasteiger charge is -2.11. The smallest absolute Gasteiger partial charge is 0.296 e. The predicted octanol–water partition coefficient (Wildman–Crippen LogP) is 4.29. The van der Waals surface area contributed by atoms with E-state index in [4.69, 9.17) is 16.3 Å². The van der Waals surface area contributed by atoms with Gasteiger partial charge in [-0.1, -0.05) is 16.8 Å². The van der Waals surface area contributed by atoms with Crippen LogP contribution >= 0.6 is 22.9 Å². The standard InChI is InChI=1S/C19H15ClN6O3S/c20-11-5-6-14(15(7-11)26(27)28)25-8-12(23-24-25)9-29-18-17-13-3-1-2-4-16(13)30-19(17)22-10-21-18/h5-8,10H,1-4,9H2. The Hall–Kier alpha value is -3.11. The second kappa shape index (κ2) is 7.62. The molecule has 0 bridgehead atoms. The molecule has 152 valence electrons. The Labute approximate surface area is 179 Å². The van der Waals surface area contributed by atoms with Gasteiger partial charge in [0.25, 0.3) is 5.69 Å². The fourth-order valence-corrected chi connectivity index (χ4v) is 5.02. The van der Waals surface area contributed by atoms with Gasteiger partial charge in [-0.3, -0.25) is 10.1 Å². The third-order valence-corrected chi connectivity index (χ3v) is 6.43. The number of aryl methyl sites for hydroxylation is 2. The number of hydrogen-bond acceptors (Lipinski definition) is 8. The zero-order valence-corrected chi connectivity index (χ0v) is 17.2. The molecule has 1 aliphatic carbocycles. The van der Waals surface area contributed by atoms with E-state index in [9.17, 15) is 10.1 Å². The molecule has 0 saturated carbocycles. The van der Waals surface area contributed by atoms with Crippen LogP contribution in [0.3, 0.4) is 0 Å². The molecule has 1 aromatic carbocycles. The van der Waals surface area contributed by atoms with Crippen LogP contribution in [0, 0.1) is 10.1 Å². The van der Waals surface area contributed by atoms with Crippen molar-refractivity contribution in [3.63, 3.8) is 0 Å². The molecule has 0 amide bonds. The first-order valence-corrected chi connectivity index (χ1v) is 10.5. The molecule has 0 atom stereocenters. The largest absolute Gasteiger partial charge is 0.470 e. The monoisotopic (exact) mass is 442 g/mol. The maximum absolute atomic E-state index is 11.3. The average Bonchev–Trinajstić information content (AvgIpc) is 3.37. The lowest BCUT2D eigenvalue weighted by atomic mass is 9.97. The van der Waals surface area contributed by atoms with Crippen LogP contribution in [-0.4, -0.2) is 29.9 Å². The molecule has 5 rings (SSSR count). The third-order valence-electron chi connectivity index (χ3n) is 5.00. The summed E-state index contributed by atoms with van der Waals surface area (Å²) < 4.78 is 7.30. The van der Waals surface area contributed by atoms with Crippen LogP contribution in [0.1, 0.15) is 29.0 Å². The summed E-state index contributed by atoms with van der Waals surface area (Å²) in [4.78, 5) is 21.9. The van der Waals surface area contributed by atoms with E-state index in [1.54, 1.807) is 23.6 Å². The second-order valence-corrected chi connectivity index (χ2v) is 8.42. The molecule has 0 aliphatic heterocycles. The van der Waals surface area contributed by atoms with Gasteiger partial charge in [0.2, 0.25) is 5.88 Å². The van der Waals surface area contributed by atoms with Crippen molar-refractivity contribution in [2.45, 2.75) is 32.3 Å². The Kier molecular flexibility index (Phi) is 4.80. The van der Waals surface area contributed by atoms with Gasteiger partial charge in [-0.25, -0.2) is 14.6 Å². The number of aromatic nitrogens is 5. The van der Waals surface area contributed by atoms with Crippen molar-refractivity contribution in [1.29, 1.82) is 0 Å². The van der Waals surface area contributed by atoms with Crippen LogP contribution in [0.4, 0.5) is 5.69 Å². The highest BCUT2D eigenvalue weighted by molar-refractivity contribution is 7.18. The number of thiophene rings is 1. The summed E-state index contributed by atoms with van der Waals surface area (Å²) in [6, 6.07) is 4.39. The summed E-state index contributed by atoms with van der Waals surface area (Å²) in [5, 5.41) is 20.7. The lowest BCUT2D eigenvalue weighted by Crippen LogP contribution is -2.02. The first-order chi connectivity index (χ1) is 14.6. The van der Waals surface area contributed by atoms with Gasteiger partial charge in [-0.15, -0.1) is 16.4 Å². The molecular formula is C19H15ClN6O3S. The molecule has 0 unspecified atom stereocenters. The quantitative estimate of drug-likeness (QED) is 0.335. The van der Waals surface area contributed by atoms with Crippen molar-refractivity contribution in [1.82, 2.24) is 25.0 Å². The molecule has 30 heavy (non-hydrogen) atoms. The van der Waals surface area contributed by atoms with Gasteiger partial charge in [0.1, 0.15) is 29.1 Å². The normalized spacial score (nSPS) is 13.4. The summed E-state index contributed by atoms with van der Waals surface area (Å²) in [7, 11) is 0. The third kappa shape index (κ3) is 3.37. The maximum Gasteiger partial charge on any atom is 0.296 e. The van der Waals surface area contributed by atoms with Crippen LogP contribution in [0.2, 0.25) is 5.02 Å². The minimum absolute atomic E-state index is 0.137. The summed E-state index contributed by atoms with van der Waals surface area (Å²) in [5.74, 6) is 0.534.